The Balaban J connectivity index is 4.12. The van der Waals surface area contributed by atoms with Gasteiger partial charge in [0, 0.05) is 0 Å². The lowest BCUT2D eigenvalue weighted by atomic mass is 10.1. The van der Waals surface area contributed by atoms with E-state index in [4.69, 9.17) is 30.2 Å². The number of phosphoric ester groups is 1. The highest BCUT2D eigenvalue weighted by molar-refractivity contribution is 7.46. The van der Waals surface area contributed by atoms with Crippen LogP contribution in [0.3, 0.4) is 0 Å². The summed E-state index contributed by atoms with van der Waals surface area (Å²) in [6.07, 6.45) is -6.24. The van der Waals surface area contributed by atoms with Crippen LogP contribution in [0.2, 0.25) is 0 Å². The van der Waals surface area contributed by atoms with E-state index in [0.29, 0.717) is 0 Å². The SMILES string of the molecule is O=C(O)C[C@H](O)[C@H](O)[C@H](O)COP(=O)(O)O. The summed E-state index contributed by atoms with van der Waals surface area (Å²) in [6, 6.07) is 0. The number of carboxylic acids is 1. The zero-order valence-electron chi connectivity index (χ0n) is 8.00. The van der Waals surface area contributed by atoms with Crippen LogP contribution in [0.4, 0.5) is 0 Å². The monoisotopic (exact) mass is 260 g/mol. The van der Waals surface area contributed by atoms with Gasteiger partial charge in [-0.05, 0) is 0 Å². The van der Waals surface area contributed by atoms with Gasteiger partial charge in [-0.3, -0.25) is 9.32 Å². The van der Waals surface area contributed by atoms with E-state index < -0.39 is 45.1 Å². The number of aliphatic carboxylic acids is 1. The zero-order chi connectivity index (χ0) is 12.9. The summed E-state index contributed by atoms with van der Waals surface area (Å²) in [4.78, 5) is 26.7. The van der Waals surface area contributed by atoms with E-state index in [0.717, 1.165) is 0 Å². The van der Waals surface area contributed by atoms with Gasteiger partial charge in [-0.15, -0.1) is 0 Å². The van der Waals surface area contributed by atoms with Crippen LogP contribution in [-0.2, 0) is 13.9 Å². The molecule has 0 bridgehead atoms. The number of rotatable bonds is 7. The molecule has 9 nitrogen and oxygen atoms in total. The molecule has 0 rings (SSSR count). The van der Waals surface area contributed by atoms with E-state index in [1.807, 2.05) is 0 Å². The third-order valence-electron chi connectivity index (χ3n) is 1.59. The van der Waals surface area contributed by atoms with Gasteiger partial charge in [-0.1, -0.05) is 0 Å². The molecule has 0 aliphatic carbocycles. The van der Waals surface area contributed by atoms with Crippen molar-refractivity contribution in [1.82, 2.24) is 0 Å². The normalized spacial score (nSPS) is 17.8. The predicted octanol–water partition coefficient (Wildman–Crippen LogP) is -2.35. The third kappa shape index (κ3) is 6.85. The molecular formula is C6H13O9P. The Kier molecular flexibility index (Phi) is 6.05. The molecule has 0 aliphatic rings. The van der Waals surface area contributed by atoms with Crippen LogP contribution >= 0.6 is 7.82 Å². The molecule has 0 aromatic heterocycles. The predicted molar refractivity (Wildman–Crippen MR) is 48.3 cm³/mol. The van der Waals surface area contributed by atoms with E-state index in [1.165, 1.54) is 0 Å². The lowest BCUT2D eigenvalue weighted by Gasteiger charge is -2.21. The van der Waals surface area contributed by atoms with Gasteiger partial charge in [0.15, 0.2) is 0 Å². The molecule has 16 heavy (non-hydrogen) atoms. The van der Waals surface area contributed by atoms with Crippen LogP contribution in [-0.4, -0.2) is 61.1 Å². The lowest BCUT2D eigenvalue weighted by Crippen LogP contribution is -2.40. The minimum absolute atomic E-state index is 0.811. The Morgan fingerprint density at radius 3 is 2.06 bits per heavy atom. The standard InChI is InChI=1S/C6H13O9P/c7-3(1-5(9)10)6(11)4(8)2-15-16(12,13)14/h3-4,6-8,11H,1-2H2,(H,9,10)(H2,12,13,14)/t3-,4+,6-/m0/s1. The summed E-state index contributed by atoms with van der Waals surface area (Å²) >= 11 is 0. The van der Waals surface area contributed by atoms with Crippen molar-refractivity contribution in [2.45, 2.75) is 24.7 Å². The first-order valence-electron chi connectivity index (χ1n) is 4.09. The molecule has 0 heterocycles. The molecule has 10 heteroatoms. The smallest absolute Gasteiger partial charge is 0.469 e. The highest BCUT2D eigenvalue weighted by Crippen LogP contribution is 2.35. The number of phosphoric acid groups is 1. The van der Waals surface area contributed by atoms with Gasteiger partial charge in [0.25, 0.3) is 0 Å². The van der Waals surface area contributed by atoms with Crippen molar-refractivity contribution in [2.24, 2.45) is 0 Å². The number of hydrogen-bond donors (Lipinski definition) is 6. The van der Waals surface area contributed by atoms with E-state index in [2.05, 4.69) is 4.52 Å². The maximum absolute atomic E-state index is 10.2. The summed E-state index contributed by atoms with van der Waals surface area (Å²) < 4.78 is 14.1. The van der Waals surface area contributed by atoms with Crippen molar-refractivity contribution >= 4 is 13.8 Å². The minimum Gasteiger partial charge on any atom is -0.481 e. The number of hydrogen-bond acceptors (Lipinski definition) is 6. The summed E-state index contributed by atoms with van der Waals surface area (Å²) in [5.74, 6) is -1.39. The maximum Gasteiger partial charge on any atom is 0.469 e. The van der Waals surface area contributed by atoms with E-state index >= 15 is 0 Å². The van der Waals surface area contributed by atoms with Gasteiger partial charge in [0.1, 0.15) is 12.2 Å². The lowest BCUT2D eigenvalue weighted by molar-refractivity contribution is -0.143. The molecular weight excluding hydrogens is 247 g/mol. The van der Waals surface area contributed by atoms with Gasteiger partial charge in [-0.25, -0.2) is 4.57 Å². The zero-order valence-corrected chi connectivity index (χ0v) is 8.90. The van der Waals surface area contributed by atoms with Gasteiger partial charge in [0.2, 0.25) is 0 Å². The highest BCUT2D eigenvalue weighted by Gasteiger charge is 2.28. The van der Waals surface area contributed by atoms with E-state index in [-0.39, 0.29) is 0 Å². The molecule has 0 aliphatic heterocycles. The molecule has 6 N–H and O–H groups in total. The third-order valence-corrected chi connectivity index (χ3v) is 2.07. The second-order valence-electron chi connectivity index (χ2n) is 3.01. The first kappa shape index (κ1) is 15.5. The number of aliphatic hydroxyl groups excluding tert-OH is 3. The van der Waals surface area contributed by atoms with Gasteiger partial charge >= 0.3 is 13.8 Å². The van der Waals surface area contributed by atoms with Crippen LogP contribution in [0.15, 0.2) is 0 Å². The quantitative estimate of drug-likeness (QED) is 0.275. The topological polar surface area (TPSA) is 165 Å². The Labute approximate surface area is 90.2 Å². The fourth-order valence-electron chi connectivity index (χ4n) is 0.828. The molecule has 0 spiro atoms. The van der Waals surface area contributed by atoms with Crippen molar-refractivity contribution in [1.29, 1.82) is 0 Å². The molecule has 0 fully saturated rings. The summed E-state index contributed by atoms with van der Waals surface area (Å²) in [6.45, 7) is -0.928. The van der Waals surface area contributed by atoms with Crippen molar-refractivity contribution in [3.63, 3.8) is 0 Å². The minimum atomic E-state index is -4.79. The second kappa shape index (κ2) is 6.26. The molecule has 0 amide bonds. The van der Waals surface area contributed by atoms with E-state index in [1.54, 1.807) is 0 Å². The molecule has 0 radical (unpaired) electrons. The van der Waals surface area contributed by atoms with Crippen molar-refractivity contribution < 1.29 is 44.1 Å². The van der Waals surface area contributed by atoms with Crippen LogP contribution in [0.5, 0.6) is 0 Å². The van der Waals surface area contributed by atoms with E-state index in [9.17, 15) is 9.36 Å². The average Bonchev–Trinajstić information content (AvgIpc) is 2.10. The van der Waals surface area contributed by atoms with Crippen LogP contribution in [0.25, 0.3) is 0 Å². The average molecular weight is 260 g/mol. The Hall–Kier alpha value is -0.540. The van der Waals surface area contributed by atoms with Crippen LogP contribution in [0.1, 0.15) is 6.42 Å². The Morgan fingerprint density at radius 1 is 1.19 bits per heavy atom. The van der Waals surface area contributed by atoms with Crippen molar-refractivity contribution in [3.05, 3.63) is 0 Å². The highest BCUT2D eigenvalue weighted by atomic mass is 31.2. The molecule has 0 aromatic rings. The summed E-state index contributed by atoms with van der Waals surface area (Å²) in [5.41, 5.74) is 0. The summed E-state index contributed by atoms with van der Waals surface area (Å²) in [5, 5.41) is 35.5. The molecule has 0 saturated carbocycles. The van der Waals surface area contributed by atoms with Crippen molar-refractivity contribution in [2.75, 3.05) is 6.61 Å². The van der Waals surface area contributed by atoms with Crippen LogP contribution < -0.4 is 0 Å². The first-order chi connectivity index (χ1) is 7.13. The number of carbonyl (C=O) groups is 1. The second-order valence-corrected chi connectivity index (χ2v) is 4.25. The number of carboxylic acid groups (broad SMARTS) is 1. The van der Waals surface area contributed by atoms with Gasteiger partial charge in [-0.2, -0.15) is 0 Å². The Bertz CT molecular complexity index is 273. The van der Waals surface area contributed by atoms with Crippen LogP contribution in [0, 0.1) is 0 Å². The molecule has 0 unspecified atom stereocenters. The molecule has 0 aromatic carbocycles. The molecule has 3 atom stereocenters. The Morgan fingerprint density at radius 2 is 1.69 bits per heavy atom. The fraction of sp³-hybridized carbons (Fsp3) is 0.833. The van der Waals surface area contributed by atoms with Gasteiger partial charge < -0.3 is 30.2 Å². The number of aliphatic hydroxyl groups is 3. The van der Waals surface area contributed by atoms with Gasteiger partial charge in [0.05, 0.1) is 19.1 Å². The largest absolute Gasteiger partial charge is 0.481 e. The summed E-state index contributed by atoms with van der Waals surface area (Å²) in [7, 11) is -4.79. The molecule has 0 saturated heterocycles. The maximum atomic E-state index is 10.2. The molecule has 96 valence electrons. The first-order valence-corrected chi connectivity index (χ1v) is 5.62. The fourth-order valence-corrected chi connectivity index (χ4v) is 1.18. The van der Waals surface area contributed by atoms with Crippen molar-refractivity contribution in [3.8, 4) is 0 Å².